The summed E-state index contributed by atoms with van der Waals surface area (Å²) in [7, 11) is 0. The molecule has 4 rings (SSSR count). The van der Waals surface area contributed by atoms with E-state index >= 15 is 0 Å². The van der Waals surface area contributed by atoms with Gasteiger partial charge in [-0.25, -0.2) is 0 Å². The largest absolute Gasteiger partial charge is 0.340 e. The van der Waals surface area contributed by atoms with Crippen LogP contribution in [0.3, 0.4) is 0 Å². The summed E-state index contributed by atoms with van der Waals surface area (Å²) in [6.07, 6.45) is 1.34. The molecular formula is C21H21N3O3. The van der Waals surface area contributed by atoms with Gasteiger partial charge < -0.3 is 15.5 Å². The Kier molecular flexibility index (Phi) is 4.62. The number of amides is 3. The molecular weight excluding hydrogens is 342 g/mol. The molecule has 2 aromatic carbocycles. The van der Waals surface area contributed by atoms with E-state index in [0.717, 1.165) is 6.42 Å². The monoisotopic (exact) mass is 363 g/mol. The summed E-state index contributed by atoms with van der Waals surface area (Å²) in [4.78, 5) is 39.2. The predicted molar refractivity (Wildman–Crippen MR) is 101 cm³/mol. The molecule has 1 atom stereocenters. The van der Waals surface area contributed by atoms with Gasteiger partial charge in [0.05, 0.1) is 11.3 Å². The second-order valence-electron chi connectivity index (χ2n) is 6.93. The van der Waals surface area contributed by atoms with Crippen molar-refractivity contribution in [2.45, 2.75) is 31.8 Å². The Labute approximate surface area is 157 Å². The topological polar surface area (TPSA) is 78.5 Å². The zero-order chi connectivity index (χ0) is 18.8. The average molecular weight is 363 g/mol. The molecule has 0 aliphatic carbocycles. The average Bonchev–Trinajstić information content (AvgIpc) is 2.82. The lowest BCUT2D eigenvalue weighted by molar-refractivity contribution is -0.132. The summed E-state index contributed by atoms with van der Waals surface area (Å²) in [5, 5.41) is 5.51. The number of hydrogen-bond donors (Lipinski definition) is 2. The molecule has 2 aromatic rings. The number of fused-ring (bicyclic) bond motifs is 2. The van der Waals surface area contributed by atoms with Crippen LogP contribution in [-0.4, -0.2) is 35.2 Å². The smallest absolute Gasteiger partial charge is 0.254 e. The molecule has 27 heavy (non-hydrogen) atoms. The highest BCUT2D eigenvalue weighted by molar-refractivity contribution is 6.09. The minimum absolute atomic E-state index is 0.00770. The van der Waals surface area contributed by atoms with Crippen molar-refractivity contribution >= 4 is 23.4 Å². The van der Waals surface area contributed by atoms with Crippen molar-refractivity contribution < 1.29 is 14.4 Å². The van der Waals surface area contributed by atoms with Gasteiger partial charge in [-0.1, -0.05) is 36.4 Å². The third-order valence-corrected chi connectivity index (χ3v) is 5.18. The number of carbonyl (C=O) groups is 3. The van der Waals surface area contributed by atoms with Crippen LogP contribution in [-0.2, 0) is 22.6 Å². The predicted octanol–water partition coefficient (Wildman–Crippen LogP) is 2.10. The van der Waals surface area contributed by atoms with Crippen LogP contribution in [0.5, 0.6) is 0 Å². The van der Waals surface area contributed by atoms with Gasteiger partial charge in [0.15, 0.2) is 0 Å². The quantitative estimate of drug-likeness (QED) is 0.877. The number of anilines is 1. The van der Waals surface area contributed by atoms with Gasteiger partial charge in [-0.05, 0) is 36.1 Å². The molecule has 0 saturated heterocycles. The molecule has 0 saturated carbocycles. The van der Waals surface area contributed by atoms with E-state index in [0.29, 0.717) is 24.3 Å². The lowest BCUT2D eigenvalue weighted by atomic mass is 9.99. The van der Waals surface area contributed by atoms with Crippen molar-refractivity contribution in [2.24, 2.45) is 0 Å². The lowest BCUT2D eigenvalue weighted by Crippen LogP contribution is -2.42. The van der Waals surface area contributed by atoms with E-state index in [4.69, 9.17) is 0 Å². The molecule has 2 heterocycles. The summed E-state index contributed by atoms with van der Waals surface area (Å²) in [6, 6.07) is 14.3. The Hall–Kier alpha value is -3.15. The highest BCUT2D eigenvalue weighted by atomic mass is 16.2. The van der Waals surface area contributed by atoms with Gasteiger partial charge in [-0.3, -0.25) is 14.4 Å². The molecule has 6 nitrogen and oxygen atoms in total. The van der Waals surface area contributed by atoms with E-state index in [2.05, 4.69) is 16.7 Å². The second-order valence-corrected chi connectivity index (χ2v) is 6.93. The van der Waals surface area contributed by atoms with E-state index in [-0.39, 0.29) is 30.6 Å². The summed E-state index contributed by atoms with van der Waals surface area (Å²) in [6.45, 7) is 1.29. The first-order chi connectivity index (χ1) is 13.1. The highest BCUT2D eigenvalue weighted by Gasteiger charge is 2.29. The number of nitrogens with one attached hydrogen (secondary N) is 2. The highest BCUT2D eigenvalue weighted by Crippen LogP contribution is 2.21. The van der Waals surface area contributed by atoms with Crippen molar-refractivity contribution in [3.05, 3.63) is 65.2 Å². The Morgan fingerprint density at radius 2 is 1.78 bits per heavy atom. The molecule has 0 fully saturated rings. The first kappa shape index (κ1) is 17.3. The van der Waals surface area contributed by atoms with Crippen LogP contribution >= 0.6 is 0 Å². The molecule has 2 aliphatic heterocycles. The second kappa shape index (κ2) is 7.23. The Bertz CT molecular complexity index is 909. The van der Waals surface area contributed by atoms with Gasteiger partial charge in [0.25, 0.3) is 5.91 Å². The zero-order valence-corrected chi connectivity index (χ0v) is 14.9. The van der Waals surface area contributed by atoms with E-state index in [1.165, 1.54) is 11.1 Å². The number of hydrogen-bond acceptors (Lipinski definition) is 3. The molecule has 0 aromatic heterocycles. The fourth-order valence-corrected chi connectivity index (χ4v) is 3.65. The van der Waals surface area contributed by atoms with Crippen molar-refractivity contribution in [1.82, 2.24) is 10.2 Å². The number of para-hydroxylation sites is 1. The SMILES string of the molecule is O=C1N[C@H](CCC(=O)N2CCc3ccccc3C2)C(=O)Nc2ccccc21. The van der Waals surface area contributed by atoms with Gasteiger partial charge in [0, 0.05) is 19.5 Å². The van der Waals surface area contributed by atoms with Crippen LogP contribution in [0.1, 0.15) is 34.3 Å². The maximum atomic E-state index is 12.6. The zero-order valence-electron chi connectivity index (χ0n) is 14.9. The fraction of sp³-hybridized carbons (Fsp3) is 0.286. The van der Waals surface area contributed by atoms with Crippen molar-refractivity contribution in [3.63, 3.8) is 0 Å². The van der Waals surface area contributed by atoms with Gasteiger partial charge in [0.2, 0.25) is 11.8 Å². The number of rotatable bonds is 3. The van der Waals surface area contributed by atoms with Gasteiger partial charge in [0.1, 0.15) is 6.04 Å². The van der Waals surface area contributed by atoms with Gasteiger partial charge in [-0.15, -0.1) is 0 Å². The third kappa shape index (κ3) is 3.56. The van der Waals surface area contributed by atoms with Crippen LogP contribution in [0.2, 0.25) is 0 Å². The molecule has 0 radical (unpaired) electrons. The lowest BCUT2D eigenvalue weighted by Gasteiger charge is -2.29. The molecule has 6 heteroatoms. The normalized spacial score (nSPS) is 18.7. The van der Waals surface area contributed by atoms with Crippen molar-refractivity contribution in [1.29, 1.82) is 0 Å². The first-order valence-electron chi connectivity index (χ1n) is 9.17. The fourth-order valence-electron chi connectivity index (χ4n) is 3.65. The van der Waals surface area contributed by atoms with Crippen LogP contribution in [0, 0.1) is 0 Å². The number of benzene rings is 2. The molecule has 0 spiro atoms. The van der Waals surface area contributed by atoms with Gasteiger partial charge in [-0.2, -0.15) is 0 Å². The molecule has 2 N–H and O–H groups in total. The molecule has 0 unspecified atom stereocenters. The standard InChI is InChI=1S/C21H21N3O3/c25-19(24-12-11-14-5-1-2-6-15(14)13-24)10-9-18-21(27)22-17-8-4-3-7-16(17)20(26)23-18/h1-8,18H,9-13H2,(H,22,27)(H,23,26)/t18-/m1/s1. The Morgan fingerprint density at radius 1 is 1.04 bits per heavy atom. The third-order valence-electron chi connectivity index (χ3n) is 5.18. The van der Waals surface area contributed by atoms with E-state index in [9.17, 15) is 14.4 Å². The van der Waals surface area contributed by atoms with Crippen LogP contribution in [0.15, 0.2) is 48.5 Å². The number of carbonyl (C=O) groups excluding carboxylic acids is 3. The van der Waals surface area contributed by atoms with Crippen LogP contribution in [0.25, 0.3) is 0 Å². The Morgan fingerprint density at radius 3 is 2.63 bits per heavy atom. The summed E-state index contributed by atoms with van der Waals surface area (Å²) in [5.74, 6) is -0.577. The maximum absolute atomic E-state index is 12.6. The number of nitrogens with zero attached hydrogens (tertiary/aromatic N) is 1. The summed E-state index contributed by atoms with van der Waals surface area (Å²) < 4.78 is 0. The Balaban J connectivity index is 1.38. The maximum Gasteiger partial charge on any atom is 0.254 e. The minimum atomic E-state index is -0.717. The summed E-state index contributed by atoms with van der Waals surface area (Å²) >= 11 is 0. The molecule has 138 valence electrons. The van der Waals surface area contributed by atoms with Crippen molar-refractivity contribution in [2.75, 3.05) is 11.9 Å². The van der Waals surface area contributed by atoms with Crippen LogP contribution in [0.4, 0.5) is 5.69 Å². The van der Waals surface area contributed by atoms with Crippen LogP contribution < -0.4 is 10.6 Å². The first-order valence-corrected chi connectivity index (χ1v) is 9.17. The van der Waals surface area contributed by atoms with E-state index in [1.54, 1.807) is 24.3 Å². The minimum Gasteiger partial charge on any atom is -0.340 e. The molecule has 3 amide bonds. The van der Waals surface area contributed by atoms with E-state index in [1.807, 2.05) is 23.1 Å². The summed E-state index contributed by atoms with van der Waals surface area (Å²) in [5.41, 5.74) is 3.40. The molecule has 2 aliphatic rings. The van der Waals surface area contributed by atoms with E-state index < -0.39 is 6.04 Å². The van der Waals surface area contributed by atoms with Gasteiger partial charge >= 0.3 is 0 Å². The van der Waals surface area contributed by atoms with Crippen molar-refractivity contribution in [3.8, 4) is 0 Å². The molecule has 0 bridgehead atoms.